The standard InChI is InChI=1S/C8H19N3S/c1-4-9-8(11-6-12)10-5-7(2)3/h7,12H,4-6H2,1-3H3,(H2,9,10,11). The fourth-order valence-electron chi connectivity index (χ4n) is 0.713. The summed E-state index contributed by atoms with van der Waals surface area (Å²) in [5.74, 6) is 2.00. The molecule has 0 aromatic carbocycles. The van der Waals surface area contributed by atoms with Gasteiger partial charge in [-0.1, -0.05) is 13.8 Å². The van der Waals surface area contributed by atoms with Crippen molar-refractivity contribution in [2.24, 2.45) is 10.9 Å². The highest BCUT2D eigenvalue weighted by Gasteiger charge is 1.96. The van der Waals surface area contributed by atoms with Gasteiger partial charge in [0, 0.05) is 13.1 Å². The SMILES string of the molecule is CCNC(=NCS)NCC(C)C. The molecular weight excluding hydrogens is 170 g/mol. The van der Waals surface area contributed by atoms with Gasteiger partial charge >= 0.3 is 0 Å². The molecule has 0 bridgehead atoms. The predicted molar refractivity (Wildman–Crippen MR) is 57.8 cm³/mol. The number of hydrogen-bond donors (Lipinski definition) is 3. The molecule has 4 heteroatoms. The van der Waals surface area contributed by atoms with Gasteiger partial charge in [0.25, 0.3) is 0 Å². The van der Waals surface area contributed by atoms with Crippen LogP contribution in [-0.2, 0) is 0 Å². The number of nitrogens with one attached hydrogen (secondary N) is 2. The van der Waals surface area contributed by atoms with Gasteiger partial charge < -0.3 is 10.6 Å². The van der Waals surface area contributed by atoms with Crippen molar-refractivity contribution in [2.45, 2.75) is 20.8 Å². The van der Waals surface area contributed by atoms with Gasteiger partial charge in [0.05, 0.1) is 5.88 Å². The highest BCUT2D eigenvalue weighted by molar-refractivity contribution is 7.80. The molecule has 0 unspecified atom stereocenters. The van der Waals surface area contributed by atoms with Gasteiger partial charge in [-0.2, -0.15) is 12.6 Å². The second-order valence-corrected chi connectivity index (χ2v) is 3.24. The Morgan fingerprint density at radius 1 is 1.42 bits per heavy atom. The van der Waals surface area contributed by atoms with E-state index >= 15 is 0 Å². The van der Waals surface area contributed by atoms with Gasteiger partial charge in [0.15, 0.2) is 5.96 Å². The van der Waals surface area contributed by atoms with E-state index in [0.29, 0.717) is 11.8 Å². The topological polar surface area (TPSA) is 36.4 Å². The summed E-state index contributed by atoms with van der Waals surface area (Å²) in [6.07, 6.45) is 0. The third-order valence-electron chi connectivity index (χ3n) is 1.25. The zero-order valence-electron chi connectivity index (χ0n) is 8.09. The summed E-state index contributed by atoms with van der Waals surface area (Å²) in [5.41, 5.74) is 0. The maximum Gasteiger partial charge on any atom is 0.192 e. The van der Waals surface area contributed by atoms with Crippen molar-refractivity contribution in [1.82, 2.24) is 10.6 Å². The average molecular weight is 189 g/mol. The fourth-order valence-corrected chi connectivity index (χ4v) is 0.855. The first-order chi connectivity index (χ1) is 5.70. The fraction of sp³-hybridized carbons (Fsp3) is 0.875. The first kappa shape index (κ1) is 11.6. The summed E-state index contributed by atoms with van der Waals surface area (Å²) in [4.78, 5) is 4.14. The van der Waals surface area contributed by atoms with Gasteiger partial charge in [-0.3, -0.25) is 0 Å². The van der Waals surface area contributed by atoms with E-state index in [-0.39, 0.29) is 0 Å². The van der Waals surface area contributed by atoms with Gasteiger partial charge in [0.2, 0.25) is 0 Å². The minimum absolute atomic E-state index is 0.521. The molecule has 0 radical (unpaired) electrons. The Balaban J connectivity index is 3.71. The Hall–Kier alpha value is -0.380. The lowest BCUT2D eigenvalue weighted by Crippen LogP contribution is -2.39. The molecule has 0 spiro atoms. The zero-order valence-corrected chi connectivity index (χ0v) is 8.99. The average Bonchev–Trinajstić information content (AvgIpc) is 2.01. The number of hydrogen-bond acceptors (Lipinski definition) is 2. The highest BCUT2D eigenvalue weighted by Crippen LogP contribution is 1.87. The molecule has 0 rings (SSSR count). The van der Waals surface area contributed by atoms with Crippen LogP contribution in [0.4, 0.5) is 0 Å². The van der Waals surface area contributed by atoms with E-state index in [1.165, 1.54) is 0 Å². The third kappa shape index (κ3) is 6.34. The second-order valence-electron chi connectivity index (χ2n) is 2.95. The molecule has 72 valence electrons. The number of guanidine groups is 1. The lowest BCUT2D eigenvalue weighted by molar-refractivity contribution is 0.616. The number of thiol groups is 1. The van der Waals surface area contributed by atoms with E-state index < -0.39 is 0 Å². The lowest BCUT2D eigenvalue weighted by Gasteiger charge is -2.12. The van der Waals surface area contributed by atoms with E-state index in [4.69, 9.17) is 0 Å². The molecule has 0 saturated heterocycles. The van der Waals surface area contributed by atoms with E-state index in [2.05, 4.69) is 42.1 Å². The van der Waals surface area contributed by atoms with Crippen molar-refractivity contribution in [3.8, 4) is 0 Å². The van der Waals surface area contributed by atoms with Crippen LogP contribution in [0.3, 0.4) is 0 Å². The molecule has 0 fully saturated rings. The van der Waals surface area contributed by atoms with Gasteiger partial charge in [-0.25, -0.2) is 4.99 Å². The lowest BCUT2D eigenvalue weighted by atomic mass is 10.2. The predicted octanol–water partition coefficient (Wildman–Crippen LogP) is 1.08. The molecule has 0 amide bonds. The van der Waals surface area contributed by atoms with Crippen molar-refractivity contribution in [3.05, 3.63) is 0 Å². The summed E-state index contributed by atoms with van der Waals surface area (Å²) < 4.78 is 0. The first-order valence-corrected chi connectivity index (χ1v) is 4.97. The van der Waals surface area contributed by atoms with Crippen LogP contribution in [0.25, 0.3) is 0 Å². The number of rotatable bonds is 4. The Labute approximate surface area is 80.4 Å². The summed E-state index contributed by atoms with van der Waals surface area (Å²) in [6.45, 7) is 8.21. The molecular formula is C8H19N3S. The highest BCUT2D eigenvalue weighted by atomic mass is 32.1. The van der Waals surface area contributed by atoms with Crippen LogP contribution in [0.5, 0.6) is 0 Å². The molecule has 0 heterocycles. The van der Waals surface area contributed by atoms with Crippen LogP contribution < -0.4 is 10.6 Å². The minimum Gasteiger partial charge on any atom is -0.357 e. The van der Waals surface area contributed by atoms with Gasteiger partial charge in [-0.05, 0) is 12.8 Å². The number of aliphatic imine (C=N–C) groups is 1. The number of nitrogens with zero attached hydrogens (tertiary/aromatic N) is 1. The molecule has 0 saturated carbocycles. The van der Waals surface area contributed by atoms with Crippen molar-refractivity contribution in [3.63, 3.8) is 0 Å². The van der Waals surface area contributed by atoms with Crippen LogP contribution in [0.15, 0.2) is 4.99 Å². The van der Waals surface area contributed by atoms with Crippen LogP contribution in [0.2, 0.25) is 0 Å². The quantitative estimate of drug-likeness (QED) is 0.352. The monoisotopic (exact) mass is 189 g/mol. The van der Waals surface area contributed by atoms with Crippen molar-refractivity contribution < 1.29 is 0 Å². The van der Waals surface area contributed by atoms with Gasteiger partial charge in [0.1, 0.15) is 0 Å². The largest absolute Gasteiger partial charge is 0.357 e. The Morgan fingerprint density at radius 3 is 2.50 bits per heavy atom. The van der Waals surface area contributed by atoms with Crippen LogP contribution in [0.1, 0.15) is 20.8 Å². The summed E-state index contributed by atoms with van der Waals surface area (Å²) in [5, 5.41) is 6.34. The van der Waals surface area contributed by atoms with Gasteiger partial charge in [-0.15, -0.1) is 0 Å². The molecule has 0 aliphatic rings. The summed E-state index contributed by atoms with van der Waals surface area (Å²) >= 11 is 4.03. The van der Waals surface area contributed by atoms with Crippen LogP contribution >= 0.6 is 12.6 Å². The molecule has 0 aliphatic carbocycles. The minimum atomic E-state index is 0.521. The van der Waals surface area contributed by atoms with E-state index in [1.54, 1.807) is 0 Å². The maximum atomic E-state index is 4.14. The molecule has 0 aromatic rings. The molecule has 0 atom stereocenters. The molecule has 2 N–H and O–H groups in total. The van der Waals surface area contributed by atoms with E-state index in [9.17, 15) is 0 Å². The Morgan fingerprint density at radius 2 is 2.08 bits per heavy atom. The van der Waals surface area contributed by atoms with Crippen molar-refractivity contribution in [1.29, 1.82) is 0 Å². The molecule has 0 aliphatic heterocycles. The normalized spacial score (nSPS) is 11.9. The zero-order chi connectivity index (χ0) is 9.40. The first-order valence-electron chi connectivity index (χ1n) is 4.33. The maximum absolute atomic E-state index is 4.14. The van der Waals surface area contributed by atoms with Crippen molar-refractivity contribution in [2.75, 3.05) is 19.0 Å². The Bertz CT molecular complexity index is 134. The smallest absolute Gasteiger partial charge is 0.192 e. The molecule has 12 heavy (non-hydrogen) atoms. The third-order valence-corrected chi connectivity index (χ3v) is 1.39. The van der Waals surface area contributed by atoms with Crippen LogP contribution in [0, 0.1) is 5.92 Å². The summed E-state index contributed by atoms with van der Waals surface area (Å²) in [6, 6.07) is 0. The van der Waals surface area contributed by atoms with E-state index in [1.807, 2.05) is 6.92 Å². The second kappa shape index (κ2) is 7.28. The van der Waals surface area contributed by atoms with E-state index in [0.717, 1.165) is 19.0 Å². The van der Waals surface area contributed by atoms with Crippen molar-refractivity contribution >= 4 is 18.6 Å². The molecule has 3 nitrogen and oxygen atoms in total. The van der Waals surface area contributed by atoms with Crippen LogP contribution in [-0.4, -0.2) is 24.9 Å². The summed E-state index contributed by atoms with van der Waals surface area (Å²) in [7, 11) is 0. The molecule has 0 aromatic heterocycles. The Kier molecular flexibility index (Phi) is 7.05.